The first-order valence-electron chi connectivity index (χ1n) is 8.80. The maximum atomic E-state index is 13.4. The normalized spacial score (nSPS) is 27.7. The van der Waals surface area contributed by atoms with Crippen LogP contribution in [-0.2, 0) is 9.59 Å². The third kappa shape index (κ3) is 2.10. The van der Waals surface area contributed by atoms with Crippen LogP contribution in [0.5, 0.6) is 0 Å². The fourth-order valence-corrected chi connectivity index (χ4v) is 4.95. The molecule has 0 amide bonds. The van der Waals surface area contributed by atoms with Crippen molar-refractivity contribution in [3.63, 3.8) is 0 Å². The summed E-state index contributed by atoms with van der Waals surface area (Å²) in [6.45, 7) is 5.82. The van der Waals surface area contributed by atoms with Crippen LogP contribution < -0.4 is 0 Å². The Kier molecular flexibility index (Phi) is 3.37. The van der Waals surface area contributed by atoms with Gasteiger partial charge >= 0.3 is 0 Å². The molecule has 0 N–H and O–H groups in total. The molecule has 3 aliphatic rings. The molecule has 126 valence electrons. The lowest BCUT2D eigenvalue weighted by Gasteiger charge is -2.53. The van der Waals surface area contributed by atoms with Gasteiger partial charge in [0, 0.05) is 11.8 Å². The van der Waals surface area contributed by atoms with E-state index in [4.69, 9.17) is 0 Å². The maximum absolute atomic E-state index is 13.4. The predicted molar refractivity (Wildman–Crippen MR) is 99.7 cm³/mol. The molecule has 2 bridgehead atoms. The maximum Gasteiger partial charge on any atom is 0.150 e. The molecule has 0 aromatic heterocycles. The highest BCUT2D eigenvalue weighted by Crippen LogP contribution is 2.62. The van der Waals surface area contributed by atoms with E-state index < -0.39 is 10.8 Å². The van der Waals surface area contributed by atoms with Crippen LogP contribution in [0.2, 0.25) is 0 Å². The highest BCUT2D eigenvalue weighted by Gasteiger charge is 2.62. The van der Waals surface area contributed by atoms with Gasteiger partial charge < -0.3 is 0 Å². The first-order valence-corrected chi connectivity index (χ1v) is 8.80. The van der Waals surface area contributed by atoms with E-state index >= 15 is 0 Å². The standard InChI is InChI=1S/C23H22O2/c1-22(2)20-17(24)14-23(3,21(22)25)19(16-12-8-5-9-13-16)18(20)15-10-6-4-7-11-15/h4-13,20H,14H2,1-3H3. The van der Waals surface area contributed by atoms with Crippen molar-refractivity contribution in [2.75, 3.05) is 0 Å². The Morgan fingerprint density at radius 2 is 1.32 bits per heavy atom. The van der Waals surface area contributed by atoms with E-state index in [-0.39, 0.29) is 17.5 Å². The lowest BCUT2D eigenvalue weighted by atomic mass is 9.47. The lowest BCUT2D eigenvalue weighted by Crippen LogP contribution is -2.57. The minimum atomic E-state index is -0.762. The average molecular weight is 330 g/mol. The third-order valence-corrected chi connectivity index (χ3v) is 5.91. The van der Waals surface area contributed by atoms with Gasteiger partial charge in [-0.3, -0.25) is 9.59 Å². The van der Waals surface area contributed by atoms with Gasteiger partial charge in [0.1, 0.15) is 11.6 Å². The van der Waals surface area contributed by atoms with Crippen LogP contribution in [0.3, 0.4) is 0 Å². The fraction of sp³-hybridized carbons (Fsp3) is 0.304. The fourth-order valence-electron chi connectivity index (χ4n) is 4.95. The molecule has 0 spiro atoms. The summed E-state index contributed by atoms with van der Waals surface area (Å²) in [7, 11) is 0. The van der Waals surface area contributed by atoms with Crippen LogP contribution in [0.1, 0.15) is 38.3 Å². The van der Waals surface area contributed by atoms with Crippen LogP contribution in [0.4, 0.5) is 0 Å². The molecule has 2 atom stereocenters. The van der Waals surface area contributed by atoms with Gasteiger partial charge in [-0.1, -0.05) is 74.5 Å². The first-order chi connectivity index (χ1) is 11.9. The van der Waals surface area contributed by atoms with Crippen LogP contribution in [0, 0.1) is 16.7 Å². The Bertz CT molecular complexity index is 890. The minimum absolute atomic E-state index is 0.183. The number of benzene rings is 2. The van der Waals surface area contributed by atoms with Crippen molar-refractivity contribution in [2.45, 2.75) is 27.2 Å². The van der Waals surface area contributed by atoms with Gasteiger partial charge in [0.15, 0.2) is 0 Å². The summed E-state index contributed by atoms with van der Waals surface area (Å²) >= 11 is 0. The SMILES string of the molecule is CC12CC(=O)C(C(c3ccccc3)=C1c1ccccc1)C(C)(C)C2=O. The van der Waals surface area contributed by atoms with E-state index in [0.29, 0.717) is 6.42 Å². The zero-order valence-electron chi connectivity index (χ0n) is 14.9. The summed E-state index contributed by atoms with van der Waals surface area (Å²) in [5.41, 5.74) is 2.73. The van der Waals surface area contributed by atoms with E-state index in [1.807, 2.05) is 57.2 Å². The molecule has 5 rings (SSSR count). The largest absolute Gasteiger partial charge is 0.299 e. The van der Waals surface area contributed by atoms with Crippen molar-refractivity contribution in [3.8, 4) is 0 Å². The molecule has 1 fully saturated rings. The van der Waals surface area contributed by atoms with Gasteiger partial charge in [-0.15, -0.1) is 0 Å². The number of carbonyl (C=O) groups excluding carboxylic acids is 2. The number of hydrogen-bond acceptors (Lipinski definition) is 2. The minimum Gasteiger partial charge on any atom is -0.299 e. The van der Waals surface area contributed by atoms with Gasteiger partial charge in [0.2, 0.25) is 0 Å². The molecule has 3 aliphatic carbocycles. The summed E-state index contributed by atoms with van der Waals surface area (Å²) in [5.74, 6) is -0.00630. The summed E-state index contributed by atoms with van der Waals surface area (Å²) in [6, 6.07) is 20.1. The van der Waals surface area contributed by atoms with E-state index in [0.717, 1.165) is 22.3 Å². The van der Waals surface area contributed by atoms with Crippen molar-refractivity contribution in [1.29, 1.82) is 0 Å². The van der Waals surface area contributed by atoms with Gasteiger partial charge in [0.25, 0.3) is 0 Å². The Balaban J connectivity index is 2.12. The van der Waals surface area contributed by atoms with Crippen LogP contribution in [-0.4, -0.2) is 11.6 Å². The summed E-state index contributed by atoms with van der Waals surface area (Å²) in [6.07, 6.45) is 0.306. The summed E-state index contributed by atoms with van der Waals surface area (Å²) in [4.78, 5) is 26.3. The van der Waals surface area contributed by atoms with E-state index in [1.165, 1.54) is 0 Å². The first kappa shape index (κ1) is 16.0. The predicted octanol–water partition coefficient (Wildman–Crippen LogP) is 4.80. The molecular formula is C23H22O2. The number of ketones is 2. The van der Waals surface area contributed by atoms with E-state index in [1.54, 1.807) is 0 Å². The Hall–Kier alpha value is -2.48. The molecule has 0 aliphatic heterocycles. The number of allylic oxidation sites excluding steroid dienone is 2. The lowest BCUT2D eigenvalue weighted by molar-refractivity contribution is -0.149. The molecule has 2 aromatic carbocycles. The van der Waals surface area contributed by atoms with Crippen LogP contribution in [0.25, 0.3) is 11.1 Å². The quantitative estimate of drug-likeness (QED) is 0.792. The number of carbonyl (C=O) groups is 2. The number of hydrogen-bond donors (Lipinski definition) is 0. The Labute approximate surface area is 148 Å². The molecule has 0 saturated heterocycles. The van der Waals surface area contributed by atoms with Crippen molar-refractivity contribution in [3.05, 3.63) is 71.8 Å². The number of rotatable bonds is 2. The highest BCUT2D eigenvalue weighted by atomic mass is 16.1. The van der Waals surface area contributed by atoms with Crippen molar-refractivity contribution in [2.24, 2.45) is 16.7 Å². The second kappa shape index (κ2) is 5.26. The highest BCUT2D eigenvalue weighted by molar-refractivity contribution is 6.22. The zero-order valence-corrected chi connectivity index (χ0v) is 14.9. The van der Waals surface area contributed by atoms with Crippen molar-refractivity contribution in [1.82, 2.24) is 0 Å². The molecule has 1 saturated carbocycles. The average Bonchev–Trinajstić information content (AvgIpc) is 2.60. The van der Waals surface area contributed by atoms with Gasteiger partial charge in [-0.25, -0.2) is 0 Å². The molecule has 0 heterocycles. The van der Waals surface area contributed by atoms with E-state index in [2.05, 4.69) is 24.3 Å². The van der Waals surface area contributed by atoms with Gasteiger partial charge in [0.05, 0.1) is 11.3 Å². The Morgan fingerprint density at radius 3 is 1.88 bits per heavy atom. The topological polar surface area (TPSA) is 34.1 Å². The number of Topliss-reactive ketones (excluding diaryl/α,β-unsaturated/α-hetero) is 2. The summed E-state index contributed by atoms with van der Waals surface area (Å²) in [5, 5.41) is 0. The molecule has 25 heavy (non-hydrogen) atoms. The Morgan fingerprint density at radius 1 is 0.800 bits per heavy atom. The van der Waals surface area contributed by atoms with Gasteiger partial charge in [-0.2, -0.15) is 0 Å². The number of fused-ring (bicyclic) bond motifs is 2. The zero-order chi connectivity index (χ0) is 17.8. The third-order valence-electron chi connectivity index (χ3n) is 5.91. The second-order valence-corrected chi connectivity index (χ2v) is 7.98. The molecular weight excluding hydrogens is 308 g/mol. The van der Waals surface area contributed by atoms with Crippen molar-refractivity contribution >= 4 is 22.7 Å². The van der Waals surface area contributed by atoms with Gasteiger partial charge in [-0.05, 0) is 29.2 Å². The smallest absolute Gasteiger partial charge is 0.150 e. The van der Waals surface area contributed by atoms with E-state index in [9.17, 15) is 9.59 Å². The summed E-state index contributed by atoms with van der Waals surface area (Å²) < 4.78 is 0. The molecule has 2 heteroatoms. The molecule has 2 unspecified atom stereocenters. The van der Waals surface area contributed by atoms with Crippen LogP contribution >= 0.6 is 0 Å². The monoisotopic (exact) mass is 330 g/mol. The molecule has 0 radical (unpaired) electrons. The van der Waals surface area contributed by atoms with Crippen molar-refractivity contribution < 1.29 is 9.59 Å². The van der Waals surface area contributed by atoms with Crippen LogP contribution in [0.15, 0.2) is 60.7 Å². The molecule has 2 nitrogen and oxygen atoms in total. The second-order valence-electron chi connectivity index (χ2n) is 7.98. The molecule has 2 aromatic rings.